The second kappa shape index (κ2) is 6.61. The van der Waals surface area contributed by atoms with Crippen LogP contribution in [0.15, 0.2) is 18.2 Å². The predicted molar refractivity (Wildman–Crippen MR) is 84.3 cm³/mol. The van der Waals surface area contributed by atoms with Crippen molar-refractivity contribution in [3.8, 4) is 0 Å². The Kier molecular flexibility index (Phi) is 5.07. The topological polar surface area (TPSA) is 32.5 Å². The minimum atomic E-state index is -0.198. The summed E-state index contributed by atoms with van der Waals surface area (Å²) < 4.78 is 13.9. The third-order valence-electron chi connectivity index (χ3n) is 3.96. The highest BCUT2D eigenvalue weighted by Crippen LogP contribution is 2.18. The summed E-state index contributed by atoms with van der Waals surface area (Å²) in [7, 11) is 4.18. The van der Waals surface area contributed by atoms with E-state index >= 15 is 0 Å². The summed E-state index contributed by atoms with van der Waals surface area (Å²) in [6.07, 6.45) is 2.47. The molecule has 3 nitrogen and oxygen atoms in total. The molecule has 0 aliphatic carbocycles. The molecule has 110 valence electrons. The van der Waals surface area contributed by atoms with Crippen LogP contribution in [-0.4, -0.2) is 48.0 Å². The normalized spacial score (nSPS) is 19.7. The number of rotatable bonds is 5. The number of likely N-dealkylation sites (N-methyl/N-ethyl adjacent to an activating group) is 2. The number of halogens is 1. The van der Waals surface area contributed by atoms with E-state index in [1.54, 1.807) is 12.1 Å². The highest BCUT2D eigenvalue weighted by Gasteiger charge is 2.22. The quantitative estimate of drug-likeness (QED) is 0.842. The summed E-state index contributed by atoms with van der Waals surface area (Å²) in [6, 6.07) is 5.40. The van der Waals surface area contributed by atoms with Crippen LogP contribution < -0.4 is 5.73 Å². The Hall–Kier alpha value is -1.04. The Morgan fingerprint density at radius 3 is 2.90 bits per heavy atom. The minimum Gasteiger partial charge on any atom is -0.389 e. The zero-order valence-corrected chi connectivity index (χ0v) is 12.9. The molecule has 2 rings (SSSR count). The molecule has 0 spiro atoms. The van der Waals surface area contributed by atoms with E-state index in [0.29, 0.717) is 23.1 Å². The summed E-state index contributed by atoms with van der Waals surface area (Å²) >= 11 is 4.94. The van der Waals surface area contributed by atoms with Crippen molar-refractivity contribution in [1.29, 1.82) is 0 Å². The minimum absolute atomic E-state index is 0.198. The predicted octanol–water partition coefficient (Wildman–Crippen LogP) is 1.99. The molecule has 1 aromatic rings. The van der Waals surface area contributed by atoms with Gasteiger partial charge in [-0.25, -0.2) is 4.39 Å². The Labute approximate surface area is 125 Å². The Morgan fingerprint density at radius 2 is 2.30 bits per heavy atom. The van der Waals surface area contributed by atoms with Crippen molar-refractivity contribution in [2.45, 2.75) is 25.4 Å². The van der Waals surface area contributed by atoms with E-state index in [1.807, 2.05) is 7.05 Å². The van der Waals surface area contributed by atoms with Gasteiger partial charge in [-0.15, -0.1) is 0 Å². The van der Waals surface area contributed by atoms with Crippen molar-refractivity contribution in [2.24, 2.45) is 5.73 Å². The van der Waals surface area contributed by atoms with E-state index in [2.05, 4.69) is 16.8 Å². The van der Waals surface area contributed by atoms with Crippen molar-refractivity contribution in [2.75, 3.05) is 27.2 Å². The van der Waals surface area contributed by atoms with E-state index in [9.17, 15) is 4.39 Å². The smallest absolute Gasteiger partial charge is 0.127 e. The van der Waals surface area contributed by atoms with Crippen LogP contribution in [0.25, 0.3) is 0 Å². The van der Waals surface area contributed by atoms with Gasteiger partial charge >= 0.3 is 0 Å². The fourth-order valence-corrected chi connectivity index (χ4v) is 2.90. The maximum Gasteiger partial charge on any atom is 0.127 e. The van der Waals surface area contributed by atoms with E-state index in [0.717, 1.165) is 18.7 Å². The lowest BCUT2D eigenvalue weighted by atomic mass is 10.1. The average Bonchev–Trinajstić information content (AvgIpc) is 2.77. The van der Waals surface area contributed by atoms with Crippen LogP contribution in [0.1, 0.15) is 24.0 Å². The number of likely N-dealkylation sites (tertiary alicyclic amines) is 1. The number of nitrogens with two attached hydrogens (primary N) is 1. The lowest BCUT2D eigenvalue weighted by molar-refractivity contribution is 0.214. The molecule has 1 aliphatic heterocycles. The Bertz CT molecular complexity index is 492. The fourth-order valence-electron chi connectivity index (χ4n) is 2.77. The van der Waals surface area contributed by atoms with Crippen molar-refractivity contribution in [3.05, 3.63) is 35.1 Å². The van der Waals surface area contributed by atoms with E-state index in [4.69, 9.17) is 18.0 Å². The van der Waals surface area contributed by atoms with E-state index in [1.165, 1.54) is 18.9 Å². The zero-order valence-electron chi connectivity index (χ0n) is 12.1. The first-order valence-corrected chi connectivity index (χ1v) is 7.35. The standard InChI is InChI=1S/C15H22FN3S/c1-18(10-13-4-3-7-19(13)2)9-12-8-11(15(17)20)5-6-14(12)16/h5-6,8,13H,3-4,7,9-10H2,1-2H3,(H2,17,20). The van der Waals surface area contributed by atoms with Gasteiger partial charge in [0.25, 0.3) is 0 Å². The fraction of sp³-hybridized carbons (Fsp3) is 0.533. The lowest BCUT2D eigenvalue weighted by Gasteiger charge is -2.26. The van der Waals surface area contributed by atoms with Crippen molar-refractivity contribution in [1.82, 2.24) is 9.80 Å². The molecule has 1 aromatic carbocycles. The molecule has 1 atom stereocenters. The Morgan fingerprint density at radius 1 is 1.55 bits per heavy atom. The number of thiocarbonyl (C=S) groups is 1. The van der Waals surface area contributed by atoms with Crippen molar-refractivity contribution >= 4 is 17.2 Å². The Balaban J connectivity index is 2.01. The van der Waals surface area contributed by atoms with E-state index < -0.39 is 0 Å². The average molecular weight is 295 g/mol. The van der Waals surface area contributed by atoms with E-state index in [-0.39, 0.29) is 5.82 Å². The van der Waals surface area contributed by atoms with Crippen LogP contribution in [0.3, 0.4) is 0 Å². The van der Waals surface area contributed by atoms with Crippen LogP contribution in [0.5, 0.6) is 0 Å². The number of hydrogen-bond acceptors (Lipinski definition) is 3. The molecule has 0 saturated carbocycles. The van der Waals surface area contributed by atoms with Gasteiger partial charge in [-0.05, 0) is 51.7 Å². The molecule has 1 heterocycles. The van der Waals surface area contributed by atoms with Crippen molar-refractivity contribution in [3.63, 3.8) is 0 Å². The number of benzene rings is 1. The van der Waals surface area contributed by atoms with Gasteiger partial charge in [0.1, 0.15) is 10.8 Å². The van der Waals surface area contributed by atoms with Crippen molar-refractivity contribution < 1.29 is 4.39 Å². The van der Waals surface area contributed by atoms with Gasteiger partial charge in [0.15, 0.2) is 0 Å². The third kappa shape index (κ3) is 3.75. The monoisotopic (exact) mass is 295 g/mol. The summed E-state index contributed by atoms with van der Waals surface area (Å²) in [5.74, 6) is -0.198. The molecule has 0 amide bonds. The van der Waals surface area contributed by atoms with Gasteiger partial charge in [0.05, 0.1) is 0 Å². The molecule has 1 fully saturated rings. The molecule has 0 bridgehead atoms. The van der Waals surface area contributed by atoms with Gasteiger partial charge in [0, 0.05) is 30.3 Å². The molecule has 0 radical (unpaired) electrons. The maximum atomic E-state index is 13.9. The first-order valence-electron chi connectivity index (χ1n) is 6.94. The molecule has 1 unspecified atom stereocenters. The molecule has 0 aromatic heterocycles. The van der Waals surface area contributed by atoms with Gasteiger partial charge in [-0.2, -0.15) is 0 Å². The molecule has 2 N–H and O–H groups in total. The number of nitrogens with zero attached hydrogens (tertiary/aromatic N) is 2. The van der Waals surface area contributed by atoms with Crippen LogP contribution in [0, 0.1) is 5.82 Å². The number of hydrogen-bond donors (Lipinski definition) is 1. The second-order valence-electron chi connectivity index (χ2n) is 5.64. The molecular formula is C15H22FN3S. The van der Waals surface area contributed by atoms with Crippen LogP contribution in [0.4, 0.5) is 4.39 Å². The summed E-state index contributed by atoms with van der Waals surface area (Å²) in [4.78, 5) is 4.84. The molecule has 5 heteroatoms. The zero-order chi connectivity index (χ0) is 14.7. The van der Waals surface area contributed by atoms with Crippen LogP contribution >= 0.6 is 12.2 Å². The van der Waals surface area contributed by atoms with Crippen LogP contribution in [0.2, 0.25) is 0 Å². The summed E-state index contributed by atoms with van der Waals surface area (Å²) in [5.41, 5.74) is 6.98. The molecule has 20 heavy (non-hydrogen) atoms. The second-order valence-corrected chi connectivity index (χ2v) is 6.08. The largest absolute Gasteiger partial charge is 0.389 e. The van der Waals surface area contributed by atoms with Gasteiger partial charge in [-0.1, -0.05) is 12.2 Å². The molecular weight excluding hydrogens is 273 g/mol. The highest BCUT2D eigenvalue weighted by atomic mass is 32.1. The maximum absolute atomic E-state index is 13.9. The first-order chi connectivity index (χ1) is 9.47. The SMILES string of the molecule is CN(Cc1cc(C(N)=S)ccc1F)CC1CCCN1C. The molecule has 1 aliphatic rings. The van der Waals surface area contributed by atoms with Gasteiger partial charge in [-0.3, -0.25) is 0 Å². The third-order valence-corrected chi connectivity index (χ3v) is 4.20. The van der Waals surface area contributed by atoms with Crippen LogP contribution in [-0.2, 0) is 6.54 Å². The molecule has 1 saturated heterocycles. The summed E-state index contributed by atoms with van der Waals surface area (Å²) in [6.45, 7) is 2.68. The van der Waals surface area contributed by atoms with Gasteiger partial charge in [0.2, 0.25) is 0 Å². The lowest BCUT2D eigenvalue weighted by Crippen LogP contribution is -2.36. The first kappa shape index (κ1) is 15.4. The van der Waals surface area contributed by atoms with Gasteiger partial charge < -0.3 is 15.5 Å². The summed E-state index contributed by atoms with van der Waals surface area (Å²) in [5, 5.41) is 0. The highest BCUT2D eigenvalue weighted by molar-refractivity contribution is 7.80.